The van der Waals surface area contributed by atoms with Gasteiger partial charge in [0, 0.05) is 6.54 Å². The molecule has 1 aromatic carbocycles. The van der Waals surface area contributed by atoms with Gasteiger partial charge in [0.15, 0.2) is 11.5 Å². The summed E-state index contributed by atoms with van der Waals surface area (Å²) in [6.07, 6.45) is 2.07. The number of H-pyrrole nitrogens is 1. The van der Waals surface area contributed by atoms with E-state index in [0.29, 0.717) is 30.0 Å². The summed E-state index contributed by atoms with van der Waals surface area (Å²) in [4.78, 5) is 34.5. The van der Waals surface area contributed by atoms with E-state index in [4.69, 9.17) is 16.2 Å². The number of hydrogen-bond acceptors (Lipinski definition) is 9. The number of rotatable bonds is 5. The van der Waals surface area contributed by atoms with E-state index in [1.807, 2.05) is 25.1 Å². The predicted molar refractivity (Wildman–Crippen MR) is 125 cm³/mol. The lowest BCUT2D eigenvalue weighted by atomic mass is 9.88. The second-order valence-electron chi connectivity index (χ2n) is 8.96. The molecule has 1 saturated heterocycles. The van der Waals surface area contributed by atoms with Gasteiger partial charge in [-0.05, 0) is 38.0 Å². The Morgan fingerprint density at radius 1 is 1.32 bits per heavy atom. The number of ether oxygens (including phenoxy) is 1. The highest BCUT2D eigenvalue weighted by Gasteiger charge is 2.41. The van der Waals surface area contributed by atoms with Gasteiger partial charge in [0.2, 0.25) is 11.9 Å². The number of hydrogen-bond donors (Lipinski definition) is 4. The smallest absolute Gasteiger partial charge is 0.248 e. The molecule has 178 valence electrons. The van der Waals surface area contributed by atoms with Crippen molar-refractivity contribution in [2.45, 2.75) is 38.5 Å². The van der Waals surface area contributed by atoms with Gasteiger partial charge in [-0.3, -0.25) is 4.79 Å². The van der Waals surface area contributed by atoms with Crippen LogP contribution in [0, 0.1) is 6.92 Å². The first-order valence-electron chi connectivity index (χ1n) is 11.0. The van der Waals surface area contributed by atoms with Crippen LogP contribution in [-0.2, 0) is 16.1 Å². The molecule has 4 aromatic rings. The van der Waals surface area contributed by atoms with Crippen LogP contribution in [0.1, 0.15) is 30.8 Å². The number of anilines is 2. The molecule has 0 spiro atoms. The molecule has 12 heteroatoms. The third-order valence-electron chi connectivity index (χ3n) is 6.21. The number of carbonyl (C=O) groups is 1. The lowest BCUT2D eigenvalue weighted by Crippen LogP contribution is -2.54. The van der Waals surface area contributed by atoms with Crippen molar-refractivity contribution in [3.8, 4) is 0 Å². The highest BCUT2D eigenvalue weighted by atomic mass is 16.5. The van der Waals surface area contributed by atoms with Crippen LogP contribution in [0.4, 0.5) is 11.8 Å². The SMILES string of the molecule is Cc1ccc2nc(COCC(=O)N3CC[C@@H](n4cnc5c(N)nc(N)nc54)[C@](C)(O)C3)[nH]c2c1. The highest BCUT2D eigenvalue weighted by molar-refractivity contribution is 5.83. The molecule has 0 saturated carbocycles. The number of nitrogens with one attached hydrogen (secondary N) is 1. The molecule has 0 bridgehead atoms. The Morgan fingerprint density at radius 3 is 2.94 bits per heavy atom. The number of benzene rings is 1. The van der Waals surface area contributed by atoms with Gasteiger partial charge < -0.3 is 35.8 Å². The minimum Gasteiger partial charge on any atom is -0.386 e. The maximum Gasteiger partial charge on any atom is 0.248 e. The number of amides is 1. The average molecular weight is 466 g/mol. The third-order valence-corrected chi connectivity index (χ3v) is 6.21. The van der Waals surface area contributed by atoms with Crippen LogP contribution >= 0.6 is 0 Å². The third kappa shape index (κ3) is 4.01. The number of aromatic nitrogens is 6. The molecule has 3 aromatic heterocycles. The molecule has 5 rings (SSSR count). The lowest BCUT2D eigenvalue weighted by molar-refractivity contribution is -0.145. The minimum atomic E-state index is -1.23. The zero-order valence-electron chi connectivity index (χ0n) is 19.0. The molecule has 0 radical (unpaired) electrons. The van der Waals surface area contributed by atoms with Crippen molar-refractivity contribution in [1.82, 2.24) is 34.4 Å². The Balaban J connectivity index is 1.22. The number of carbonyl (C=O) groups excluding carboxylic acids is 1. The summed E-state index contributed by atoms with van der Waals surface area (Å²) < 4.78 is 7.37. The van der Waals surface area contributed by atoms with Crippen molar-refractivity contribution in [1.29, 1.82) is 0 Å². The van der Waals surface area contributed by atoms with Crippen LogP contribution < -0.4 is 11.5 Å². The molecular weight excluding hydrogens is 438 g/mol. The van der Waals surface area contributed by atoms with Gasteiger partial charge in [0.05, 0.1) is 29.9 Å². The summed E-state index contributed by atoms with van der Waals surface area (Å²) in [5.41, 5.74) is 14.2. The largest absolute Gasteiger partial charge is 0.386 e. The molecule has 12 nitrogen and oxygen atoms in total. The number of fused-ring (bicyclic) bond motifs is 2. The molecule has 1 fully saturated rings. The molecule has 4 heterocycles. The van der Waals surface area contributed by atoms with Crippen molar-refractivity contribution in [3.63, 3.8) is 0 Å². The predicted octanol–water partition coefficient (Wildman–Crippen LogP) is 0.917. The van der Waals surface area contributed by atoms with Crippen LogP contribution in [0.25, 0.3) is 22.2 Å². The monoisotopic (exact) mass is 465 g/mol. The Morgan fingerprint density at radius 2 is 2.15 bits per heavy atom. The number of aryl methyl sites for hydroxylation is 1. The van der Waals surface area contributed by atoms with Crippen molar-refractivity contribution in [2.75, 3.05) is 31.2 Å². The van der Waals surface area contributed by atoms with E-state index in [1.165, 1.54) is 0 Å². The van der Waals surface area contributed by atoms with Gasteiger partial charge >= 0.3 is 0 Å². The Kier molecular flexibility index (Phi) is 5.33. The second-order valence-corrected chi connectivity index (χ2v) is 8.96. The molecule has 0 unspecified atom stereocenters. The zero-order valence-corrected chi connectivity index (χ0v) is 19.0. The highest BCUT2D eigenvalue weighted by Crippen LogP contribution is 2.34. The molecule has 34 heavy (non-hydrogen) atoms. The summed E-state index contributed by atoms with van der Waals surface area (Å²) in [6.45, 7) is 4.37. The van der Waals surface area contributed by atoms with Gasteiger partial charge in [-0.1, -0.05) is 6.07 Å². The fourth-order valence-electron chi connectivity index (χ4n) is 4.57. The topological polar surface area (TPSA) is 174 Å². The van der Waals surface area contributed by atoms with Gasteiger partial charge in [0.1, 0.15) is 30.2 Å². The summed E-state index contributed by atoms with van der Waals surface area (Å²) in [6, 6.07) is 5.59. The zero-order chi connectivity index (χ0) is 24.0. The standard InChI is InChI=1S/C22H27N9O3/c1-12-3-4-13-14(7-12)27-16(26-13)8-34-9-17(32)30-6-5-15(22(2,33)10-30)31-11-25-18-19(23)28-21(24)29-20(18)31/h3-4,7,11,15,33H,5-6,8-10H2,1-2H3,(H,26,27)(H4,23,24,28,29)/t15-,22-/m1/s1. The molecule has 2 atom stereocenters. The summed E-state index contributed by atoms with van der Waals surface area (Å²) >= 11 is 0. The van der Waals surface area contributed by atoms with Crippen LogP contribution in [0.15, 0.2) is 24.5 Å². The first kappa shape index (κ1) is 22.0. The van der Waals surface area contributed by atoms with Crippen molar-refractivity contribution >= 4 is 39.9 Å². The van der Waals surface area contributed by atoms with E-state index >= 15 is 0 Å². The quantitative estimate of drug-likeness (QED) is 0.334. The first-order valence-corrected chi connectivity index (χ1v) is 11.0. The van der Waals surface area contributed by atoms with Crippen molar-refractivity contribution < 1.29 is 14.6 Å². The first-order chi connectivity index (χ1) is 16.2. The van der Waals surface area contributed by atoms with Crippen LogP contribution in [0.2, 0.25) is 0 Å². The number of nitrogen functional groups attached to an aromatic ring is 2. The number of likely N-dealkylation sites (tertiary alicyclic amines) is 1. The van der Waals surface area contributed by atoms with Crippen LogP contribution in [0.5, 0.6) is 0 Å². The summed E-state index contributed by atoms with van der Waals surface area (Å²) in [5.74, 6) is 0.685. The molecule has 1 aliphatic rings. The normalized spacial score (nSPS) is 20.9. The minimum absolute atomic E-state index is 0.0377. The maximum atomic E-state index is 12.8. The number of imidazole rings is 2. The molecule has 1 amide bonds. The Hall–Kier alpha value is -3.77. The fraction of sp³-hybridized carbons (Fsp3) is 0.409. The Labute approximate surface area is 195 Å². The van der Waals surface area contributed by atoms with Crippen molar-refractivity contribution in [2.24, 2.45) is 0 Å². The van der Waals surface area contributed by atoms with Crippen LogP contribution in [0.3, 0.4) is 0 Å². The van der Waals surface area contributed by atoms with E-state index in [-0.39, 0.29) is 43.5 Å². The summed E-state index contributed by atoms with van der Waals surface area (Å²) in [5, 5.41) is 11.2. The number of aromatic amines is 1. The number of β-amino-alcohol motifs (C(OH)–C–C–N with tert-alkyl or cyclic N) is 1. The fourth-order valence-corrected chi connectivity index (χ4v) is 4.57. The molecule has 0 aliphatic carbocycles. The molecule has 6 N–H and O–H groups in total. The van der Waals surface area contributed by atoms with Crippen LogP contribution in [-0.4, -0.2) is 70.7 Å². The van der Waals surface area contributed by atoms with Gasteiger partial charge in [0.25, 0.3) is 0 Å². The average Bonchev–Trinajstić information content (AvgIpc) is 3.36. The maximum absolute atomic E-state index is 12.8. The van der Waals surface area contributed by atoms with E-state index in [2.05, 4.69) is 24.9 Å². The van der Waals surface area contributed by atoms with E-state index < -0.39 is 5.60 Å². The van der Waals surface area contributed by atoms with E-state index in [1.54, 1.807) is 22.7 Å². The summed E-state index contributed by atoms with van der Waals surface area (Å²) in [7, 11) is 0. The number of nitrogens with two attached hydrogens (primary N) is 2. The van der Waals surface area contributed by atoms with Gasteiger partial charge in [-0.15, -0.1) is 0 Å². The Bertz CT molecular complexity index is 1380. The van der Waals surface area contributed by atoms with Gasteiger partial charge in [-0.25, -0.2) is 9.97 Å². The van der Waals surface area contributed by atoms with Gasteiger partial charge in [-0.2, -0.15) is 9.97 Å². The lowest BCUT2D eigenvalue weighted by Gasteiger charge is -2.43. The molecule has 1 aliphatic heterocycles. The van der Waals surface area contributed by atoms with E-state index in [9.17, 15) is 9.90 Å². The van der Waals surface area contributed by atoms with Crippen molar-refractivity contribution in [3.05, 3.63) is 35.9 Å². The number of aliphatic hydroxyl groups is 1. The van der Waals surface area contributed by atoms with E-state index in [0.717, 1.165) is 16.6 Å². The number of nitrogens with zero attached hydrogens (tertiary/aromatic N) is 6. The second kappa shape index (κ2) is 8.22. The molecular formula is C22H27N9O3. The number of piperidine rings is 1.